The van der Waals surface area contributed by atoms with Crippen molar-refractivity contribution in [3.05, 3.63) is 70.3 Å². The number of aliphatic hydroxyl groups is 1. The van der Waals surface area contributed by atoms with Crippen molar-refractivity contribution >= 4 is 11.9 Å². The Morgan fingerprint density at radius 1 is 1.07 bits per heavy atom. The molecule has 0 unspecified atom stereocenters. The number of amides is 1. The lowest BCUT2D eigenvalue weighted by Crippen LogP contribution is -2.49. The van der Waals surface area contributed by atoms with E-state index in [1.165, 1.54) is 0 Å². The van der Waals surface area contributed by atoms with Gasteiger partial charge in [-0.1, -0.05) is 61.9 Å². The quantitative estimate of drug-likeness (QED) is 0.780. The third-order valence-electron chi connectivity index (χ3n) is 6.18. The summed E-state index contributed by atoms with van der Waals surface area (Å²) >= 11 is 0. The molecule has 1 amide bonds. The zero-order valence-electron chi connectivity index (χ0n) is 18.2. The summed E-state index contributed by atoms with van der Waals surface area (Å²) < 4.78 is 0. The molecule has 2 aromatic rings. The van der Waals surface area contributed by atoms with Gasteiger partial charge in [-0.05, 0) is 49.8 Å². The Morgan fingerprint density at radius 2 is 1.67 bits per heavy atom. The molecule has 1 heterocycles. The normalized spacial score (nSPS) is 16.4. The molecule has 1 fully saturated rings. The van der Waals surface area contributed by atoms with Crippen LogP contribution in [-0.2, 0) is 16.8 Å². The van der Waals surface area contributed by atoms with Gasteiger partial charge < -0.3 is 15.1 Å². The lowest BCUT2D eigenvalue weighted by molar-refractivity contribution is -0.145. The van der Waals surface area contributed by atoms with Crippen molar-refractivity contribution in [3.8, 4) is 0 Å². The number of aromatic carboxylic acids is 1. The smallest absolute Gasteiger partial charge is 0.336 e. The van der Waals surface area contributed by atoms with Gasteiger partial charge in [-0.15, -0.1) is 0 Å². The van der Waals surface area contributed by atoms with Gasteiger partial charge in [-0.3, -0.25) is 4.79 Å². The monoisotopic (exact) mass is 409 g/mol. The molecule has 5 nitrogen and oxygen atoms in total. The van der Waals surface area contributed by atoms with Crippen LogP contribution in [0.4, 0.5) is 0 Å². The van der Waals surface area contributed by atoms with Crippen LogP contribution in [0.2, 0.25) is 0 Å². The van der Waals surface area contributed by atoms with Crippen LogP contribution in [-0.4, -0.2) is 40.1 Å². The highest BCUT2D eigenvalue weighted by atomic mass is 16.4. The third-order valence-corrected chi connectivity index (χ3v) is 6.18. The van der Waals surface area contributed by atoms with Gasteiger partial charge in [-0.25, -0.2) is 4.79 Å². The highest BCUT2D eigenvalue weighted by molar-refractivity contribution is 5.92. The van der Waals surface area contributed by atoms with Gasteiger partial charge in [0.1, 0.15) is 0 Å². The molecule has 1 aliphatic heterocycles. The molecule has 0 aromatic heterocycles. The molecule has 3 rings (SSSR count). The second kappa shape index (κ2) is 8.23. The van der Waals surface area contributed by atoms with Crippen LogP contribution in [0.3, 0.4) is 0 Å². The molecule has 1 aliphatic rings. The van der Waals surface area contributed by atoms with Gasteiger partial charge in [0.2, 0.25) is 5.91 Å². The molecule has 0 radical (unpaired) electrons. The largest absolute Gasteiger partial charge is 0.478 e. The minimum atomic E-state index is -0.961. The minimum absolute atomic E-state index is 0.00638. The van der Waals surface area contributed by atoms with E-state index in [-0.39, 0.29) is 5.91 Å². The summed E-state index contributed by atoms with van der Waals surface area (Å²) in [4.78, 5) is 26.9. The molecule has 0 saturated carbocycles. The van der Waals surface area contributed by atoms with Crippen LogP contribution in [0.15, 0.2) is 42.5 Å². The number of nitrogens with zero attached hydrogens (tertiary/aromatic N) is 1. The average Bonchev–Trinajstić information content (AvgIpc) is 2.67. The number of benzene rings is 2. The number of carboxylic acid groups (broad SMARTS) is 1. The minimum Gasteiger partial charge on any atom is -0.478 e. The summed E-state index contributed by atoms with van der Waals surface area (Å²) in [5.74, 6) is -0.968. The molecule has 0 aliphatic carbocycles. The molecule has 30 heavy (non-hydrogen) atoms. The van der Waals surface area contributed by atoms with Crippen molar-refractivity contribution in [2.24, 2.45) is 5.41 Å². The predicted octanol–water partition coefficient (Wildman–Crippen LogP) is 4.08. The fourth-order valence-corrected chi connectivity index (χ4v) is 4.60. The van der Waals surface area contributed by atoms with Gasteiger partial charge in [0, 0.05) is 18.5 Å². The molecule has 0 bridgehead atoms. The first kappa shape index (κ1) is 22.0. The van der Waals surface area contributed by atoms with Gasteiger partial charge >= 0.3 is 5.97 Å². The Kier molecular flexibility index (Phi) is 6.04. The van der Waals surface area contributed by atoms with Gasteiger partial charge in [-0.2, -0.15) is 0 Å². The van der Waals surface area contributed by atoms with Gasteiger partial charge in [0.15, 0.2) is 0 Å². The Bertz CT molecular complexity index is 941. The number of likely N-dealkylation sites (tertiary alicyclic amines) is 1. The van der Waals surface area contributed by atoms with Crippen molar-refractivity contribution in [1.29, 1.82) is 0 Å². The lowest BCUT2D eigenvalue weighted by Gasteiger charge is -2.41. The number of carboxylic acids is 1. The maximum absolute atomic E-state index is 13.3. The Labute approximate surface area is 178 Å². The number of hydrogen-bond acceptors (Lipinski definition) is 3. The van der Waals surface area contributed by atoms with E-state index in [2.05, 4.69) is 0 Å². The van der Waals surface area contributed by atoms with Crippen LogP contribution >= 0.6 is 0 Å². The summed E-state index contributed by atoms with van der Waals surface area (Å²) in [6, 6.07) is 13.3. The molecule has 0 atom stereocenters. The Morgan fingerprint density at radius 3 is 2.23 bits per heavy atom. The summed E-state index contributed by atoms with van der Waals surface area (Å²) in [6.07, 6.45) is 1.33. The second-order valence-electron chi connectivity index (χ2n) is 9.17. The van der Waals surface area contributed by atoms with Gasteiger partial charge in [0.05, 0.1) is 11.2 Å². The Balaban J connectivity index is 1.75. The van der Waals surface area contributed by atoms with E-state index in [0.29, 0.717) is 49.0 Å². The number of carbonyl (C=O) groups is 2. The highest BCUT2D eigenvalue weighted by Crippen LogP contribution is 2.35. The Hall–Kier alpha value is -2.66. The third kappa shape index (κ3) is 4.41. The van der Waals surface area contributed by atoms with Crippen LogP contribution in [0, 0.1) is 19.3 Å². The molecular weight excluding hydrogens is 378 g/mol. The predicted molar refractivity (Wildman–Crippen MR) is 117 cm³/mol. The maximum atomic E-state index is 13.3. The molecule has 5 heteroatoms. The highest BCUT2D eigenvalue weighted by Gasteiger charge is 2.39. The van der Waals surface area contributed by atoms with Crippen molar-refractivity contribution in [3.63, 3.8) is 0 Å². The zero-order chi connectivity index (χ0) is 22.1. The first-order valence-corrected chi connectivity index (χ1v) is 10.4. The van der Waals surface area contributed by atoms with Crippen molar-refractivity contribution < 1.29 is 19.8 Å². The van der Waals surface area contributed by atoms with E-state index in [4.69, 9.17) is 0 Å². The standard InChI is InChI=1S/C25H31NO4/c1-17-14-18(2)21(22(27)28)19(15-17)16-24(3,4)23(29)26-12-10-25(30,11-13-26)20-8-6-5-7-9-20/h5-9,14-15,30H,10-13,16H2,1-4H3,(H,27,28). The summed E-state index contributed by atoms with van der Waals surface area (Å²) in [5, 5.41) is 20.7. The fraction of sp³-hybridized carbons (Fsp3) is 0.440. The van der Waals surface area contributed by atoms with E-state index in [1.807, 2.05) is 63.2 Å². The maximum Gasteiger partial charge on any atom is 0.336 e. The molecule has 160 valence electrons. The topological polar surface area (TPSA) is 77.8 Å². The zero-order valence-corrected chi connectivity index (χ0v) is 18.2. The van der Waals surface area contributed by atoms with E-state index in [9.17, 15) is 19.8 Å². The van der Waals surface area contributed by atoms with Crippen molar-refractivity contribution in [2.75, 3.05) is 13.1 Å². The SMILES string of the molecule is Cc1cc(C)c(C(=O)O)c(CC(C)(C)C(=O)N2CCC(O)(c3ccccc3)CC2)c1. The fourth-order valence-electron chi connectivity index (χ4n) is 4.60. The van der Waals surface area contributed by atoms with Crippen LogP contribution in [0.25, 0.3) is 0 Å². The molecular formula is C25H31NO4. The number of hydrogen-bond donors (Lipinski definition) is 2. The number of aryl methyl sites for hydroxylation is 2. The molecule has 2 aromatic carbocycles. The van der Waals surface area contributed by atoms with Gasteiger partial charge in [0.25, 0.3) is 0 Å². The van der Waals surface area contributed by atoms with Crippen molar-refractivity contribution in [2.45, 2.75) is 52.6 Å². The number of carbonyl (C=O) groups excluding carboxylic acids is 1. The van der Waals surface area contributed by atoms with E-state index >= 15 is 0 Å². The van der Waals surface area contributed by atoms with E-state index in [0.717, 1.165) is 11.1 Å². The first-order chi connectivity index (χ1) is 14.0. The number of piperidine rings is 1. The van der Waals surface area contributed by atoms with Crippen LogP contribution < -0.4 is 0 Å². The molecule has 0 spiro atoms. The summed E-state index contributed by atoms with van der Waals surface area (Å²) in [6.45, 7) is 8.43. The van der Waals surface area contributed by atoms with Crippen LogP contribution in [0.5, 0.6) is 0 Å². The number of rotatable bonds is 5. The molecule has 2 N–H and O–H groups in total. The first-order valence-electron chi connectivity index (χ1n) is 10.4. The second-order valence-corrected chi connectivity index (χ2v) is 9.17. The van der Waals surface area contributed by atoms with E-state index < -0.39 is 17.0 Å². The van der Waals surface area contributed by atoms with Crippen molar-refractivity contribution in [1.82, 2.24) is 4.90 Å². The van der Waals surface area contributed by atoms with E-state index in [1.54, 1.807) is 11.8 Å². The molecule has 1 saturated heterocycles. The average molecular weight is 410 g/mol. The summed E-state index contributed by atoms with van der Waals surface area (Å²) in [7, 11) is 0. The van der Waals surface area contributed by atoms with Crippen LogP contribution in [0.1, 0.15) is 59.3 Å². The lowest BCUT2D eigenvalue weighted by atomic mass is 9.79. The summed E-state index contributed by atoms with van der Waals surface area (Å²) in [5.41, 5.74) is 1.92.